The highest BCUT2D eigenvalue weighted by Gasteiger charge is 2.19. The lowest BCUT2D eigenvalue weighted by Crippen LogP contribution is -2.33. The van der Waals surface area contributed by atoms with Crippen LogP contribution in [0.3, 0.4) is 0 Å². The van der Waals surface area contributed by atoms with Crippen molar-refractivity contribution in [2.45, 2.75) is 13.0 Å². The predicted octanol–water partition coefficient (Wildman–Crippen LogP) is 1.75. The van der Waals surface area contributed by atoms with Gasteiger partial charge in [0.05, 0.1) is 34.1 Å². The van der Waals surface area contributed by atoms with Crippen molar-refractivity contribution < 1.29 is 15.3 Å². The van der Waals surface area contributed by atoms with Crippen LogP contribution in [0, 0.1) is 0 Å². The van der Waals surface area contributed by atoms with E-state index in [0.717, 1.165) is 0 Å². The van der Waals surface area contributed by atoms with Crippen molar-refractivity contribution in [1.29, 1.82) is 0 Å². The Morgan fingerprint density at radius 3 is 2.32 bits per heavy atom. The molecule has 5 heteroatoms. The molecule has 3 N–H and O–H groups in total. The summed E-state index contributed by atoms with van der Waals surface area (Å²) in [4.78, 5) is 8.94. The van der Waals surface area contributed by atoms with Gasteiger partial charge in [-0.05, 0) is 6.92 Å². The van der Waals surface area contributed by atoms with E-state index < -0.39 is 0 Å². The summed E-state index contributed by atoms with van der Waals surface area (Å²) in [6.07, 6.45) is 0. The van der Waals surface area contributed by atoms with E-state index in [-0.39, 0.29) is 28.7 Å². The topological polar surface area (TPSA) is 85.4 Å². The number of phenols is 3. The standard InChI is InChI=1S/C17H14N2O3/c1-8-7-18-11-6-12(20)13-14(15(11)19-8)17(22)10-5-3-2-4-9(10)16(13)21/h2-6,8,20-22H,7H2,1H3/t8-/m0/s1. The molecule has 5 nitrogen and oxygen atoms in total. The monoisotopic (exact) mass is 294 g/mol. The van der Waals surface area contributed by atoms with Gasteiger partial charge in [0.25, 0.3) is 0 Å². The Hall–Kier alpha value is -2.82. The molecule has 22 heavy (non-hydrogen) atoms. The van der Waals surface area contributed by atoms with Gasteiger partial charge in [0, 0.05) is 16.8 Å². The van der Waals surface area contributed by atoms with Gasteiger partial charge in [-0.25, -0.2) is 0 Å². The molecule has 0 spiro atoms. The Kier molecular flexibility index (Phi) is 2.54. The first-order valence-electron chi connectivity index (χ1n) is 7.08. The summed E-state index contributed by atoms with van der Waals surface area (Å²) in [5.74, 6) is -0.165. The van der Waals surface area contributed by atoms with Crippen molar-refractivity contribution in [2.24, 2.45) is 9.98 Å². The molecule has 1 heterocycles. The van der Waals surface area contributed by atoms with E-state index in [9.17, 15) is 15.3 Å². The number of fused-ring (bicyclic) bond motifs is 4. The third-order valence-corrected chi connectivity index (χ3v) is 4.05. The minimum absolute atomic E-state index is 0.00333. The first-order valence-corrected chi connectivity index (χ1v) is 7.08. The number of benzene rings is 3. The molecule has 1 aliphatic heterocycles. The Balaban J connectivity index is 2.39. The van der Waals surface area contributed by atoms with Gasteiger partial charge < -0.3 is 15.3 Å². The van der Waals surface area contributed by atoms with E-state index in [1.807, 2.05) is 6.92 Å². The highest BCUT2D eigenvalue weighted by molar-refractivity contribution is 6.12. The van der Waals surface area contributed by atoms with Crippen LogP contribution in [-0.4, -0.2) is 27.9 Å². The zero-order valence-electron chi connectivity index (χ0n) is 11.9. The maximum Gasteiger partial charge on any atom is 0.135 e. The van der Waals surface area contributed by atoms with Gasteiger partial charge in [-0.1, -0.05) is 24.3 Å². The van der Waals surface area contributed by atoms with Crippen LogP contribution in [0.1, 0.15) is 6.92 Å². The smallest absolute Gasteiger partial charge is 0.135 e. The molecule has 4 rings (SSSR count). The summed E-state index contributed by atoms with van der Waals surface area (Å²) in [7, 11) is 0. The Bertz CT molecular complexity index is 1060. The van der Waals surface area contributed by atoms with Gasteiger partial charge in [0.15, 0.2) is 0 Å². The molecule has 0 saturated heterocycles. The Morgan fingerprint density at radius 2 is 1.64 bits per heavy atom. The molecule has 0 aromatic heterocycles. The SMILES string of the molecule is C[C@H]1CN=c2cc(O)c3c(O)c4ccccc4c(O)c3c2=N1. The fourth-order valence-corrected chi connectivity index (χ4v) is 3.02. The largest absolute Gasteiger partial charge is 0.507 e. The minimum atomic E-state index is -0.110. The third-order valence-electron chi connectivity index (χ3n) is 4.05. The number of aromatic hydroxyl groups is 3. The van der Waals surface area contributed by atoms with E-state index >= 15 is 0 Å². The molecule has 0 bridgehead atoms. The molecule has 0 saturated carbocycles. The highest BCUT2D eigenvalue weighted by Crippen LogP contribution is 2.42. The lowest BCUT2D eigenvalue weighted by atomic mass is 9.99. The molecule has 0 aliphatic carbocycles. The van der Waals surface area contributed by atoms with Crippen molar-refractivity contribution >= 4 is 21.5 Å². The van der Waals surface area contributed by atoms with Crippen LogP contribution in [0.25, 0.3) is 21.5 Å². The summed E-state index contributed by atoms with van der Waals surface area (Å²) in [6, 6.07) is 8.46. The summed E-state index contributed by atoms with van der Waals surface area (Å²) in [5.41, 5.74) is 0. The molecule has 1 aliphatic rings. The van der Waals surface area contributed by atoms with Crippen molar-refractivity contribution in [3.63, 3.8) is 0 Å². The van der Waals surface area contributed by atoms with Gasteiger partial charge >= 0.3 is 0 Å². The van der Waals surface area contributed by atoms with E-state index in [0.29, 0.717) is 33.4 Å². The highest BCUT2D eigenvalue weighted by atomic mass is 16.3. The Labute approximate surface area is 125 Å². The number of hydrogen-bond donors (Lipinski definition) is 3. The predicted molar refractivity (Wildman–Crippen MR) is 83.1 cm³/mol. The molecule has 110 valence electrons. The number of hydrogen-bond acceptors (Lipinski definition) is 5. The normalized spacial score (nSPS) is 17.0. The van der Waals surface area contributed by atoms with Gasteiger partial charge in [0.2, 0.25) is 0 Å². The fourth-order valence-electron chi connectivity index (χ4n) is 3.02. The zero-order valence-corrected chi connectivity index (χ0v) is 11.9. The summed E-state index contributed by atoms with van der Waals surface area (Å²) in [5, 5.41) is 34.1. The van der Waals surface area contributed by atoms with Gasteiger partial charge in [-0.3, -0.25) is 9.98 Å². The van der Waals surface area contributed by atoms with E-state index in [1.165, 1.54) is 6.07 Å². The molecule has 3 aromatic carbocycles. The second-order valence-electron chi connectivity index (χ2n) is 5.58. The maximum absolute atomic E-state index is 10.7. The lowest BCUT2D eigenvalue weighted by Gasteiger charge is -2.14. The van der Waals surface area contributed by atoms with Gasteiger partial charge in [0.1, 0.15) is 17.2 Å². The molecule has 0 unspecified atom stereocenters. The van der Waals surface area contributed by atoms with Crippen LogP contribution in [0.2, 0.25) is 0 Å². The van der Waals surface area contributed by atoms with Crippen LogP contribution >= 0.6 is 0 Å². The first-order chi connectivity index (χ1) is 10.6. The van der Waals surface area contributed by atoms with Crippen LogP contribution in [0.5, 0.6) is 17.2 Å². The second kappa shape index (κ2) is 4.34. The lowest BCUT2D eigenvalue weighted by molar-refractivity contribution is 0.461. The number of rotatable bonds is 0. The molecule has 0 amide bonds. The third kappa shape index (κ3) is 1.59. The molecule has 3 aromatic rings. The molecular weight excluding hydrogens is 280 g/mol. The zero-order chi connectivity index (χ0) is 15.4. The molecule has 1 atom stereocenters. The van der Waals surface area contributed by atoms with Crippen molar-refractivity contribution in [1.82, 2.24) is 0 Å². The number of phenolic OH excluding ortho intramolecular Hbond substituents is 3. The average Bonchev–Trinajstić information content (AvgIpc) is 2.52. The Morgan fingerprint density at radius 1 is 1.00 bits per heavy atom. The second-order valence-corrected chi connectivity index (χ2v) is 5.58. The molecule has 0 fully saturated rings. The minimum Gasteiger partial charge on any atom is -0.507 e. The van der Waals surface area contributed by atoms with Crippen LogP contribution in [-0.2, 0) is 0 Å². The van der Waals surface area contributed by atoms with Crippen molar-refractivity contribution in [2.75, 3.05) is 6.54 Å². The van der Waals surface area contributed by atoms with Gasteiger partial charge in [-0.15, -0.1) is 0 Å². The van der Waals surface area contributed by atoms with Crippen LogP contribution in [0.15, 0.2) is 40.3 Å². The van der Waals surface area contributed by atoms with Crippen LogP contribution in [0.4, 0.5) is 0 Å². The first kappa shape index (κ1) is 12.9. The summed E-state index contributed by atoms with van der Waals surface area (Å²) in [6.45, 7) is 2.47. The average molecular weight is 294 g/mol. The maximum atomic E-state index is 10.7. The number of nitrogens with zero attached hydrogens (tertiary/aromatic N) is 2. The van der Waals surface area contributed by atoms with E-state index in [4.69, 9.17) is 0 Å². The quantitative estimate of drug-likeness (QED) is 0.436. The van der Waals surface area contributed by atoms with E-state index in [2.05, 4.69) is 9.98 Å². The van der Waals surface area contributed by atoms with Crippen molar-refractivity contribution in [3.05, 3.63) is 41.0 Å². The fraction of sp³-hybridized carbons (Fsp3) is 0.176. The molecule has 0 radical (unpaired) electrons. The van der Waals surface area contributed by atoms with E-state index in [1.54, 1.807) is 24.3 Å². The van der Waals surface area contributed by atoms with Gasteiger partial charge in [-0.2, -0.15) is 0 Å². The van der Waals surface area contributed by atoms with Crippen molar-refractivity contribution in [3.8, 4) is 17.2 Å². The summed E-state index contributed by atoms with van der Waals surface area (Å²) >= 11 is 0. The van der Waals surface area contributed by atoms with Crippen LogP contribution < -0.4 is 10.7 Å². The summed E-state index contributed by atoms with van der Waals surface area (Å²) < 4.78 is 0. The molecular formula is C17H14N2O3.